The molecule has 0 spiro atoms. The van der Waals surface area contributed by atoms with Crippen LogP contribution in [0, 0.1) is 0 Å². The highest BCUT2D eigenvalue weighted by Crippen LogP contribution is 2.35. The molecule has 6 heteroatoms. The second-order valence-corrected chi connectivity index (χ2v) is 7.93. The number of anilines is 1. The molecule has 6 nitrogen and oxygen atoms in total. The number of benzene rings is 1. The van der Waals surface area contributed by atoms with Crippen LogP contribution in [0.15, 0.2) is 18.2 Å². The van der Waals surface area contributed by atoms with E-state index in [0.29, 0.717) is 13.2 Å². The number of aliphatic hydroxyl groups excluding tert-OH is 1. The molecule has 0 bridgehead atoms. The van der Waals surface area contributed by atoms with E-state index in [1.165, 1.54) is 0 Å². The van der Waals surface area contributed by atoms with E-state index in [2.05, 4.69) is 17.1 Å². The number of unbranched alkanes of at least 4 members (excludes halogenated alkanes) is 1. The molecule has 0 saturated carbocycles. The third-order valence-corrected chi connectivity index (χ3v) is 4.59. The van der Waals surface area contributed by atoms with Crippen molar-refractivity contribution >= 4 is 11.7 Å². The van der Waals surface area contributed by atoms with Gasteiger partial charge in [0, 0.05) is 18.8 Å². The van der Waals surface area contributed by atoms with Crippen LogP contribution in [-0.2, 0) is 9.53 Å². The van der Waals surface area contributed by atoms with Crippen molar-refractivity contribution in [1.82, 2.24) is 4.90 Å². The molecule has 0 radical (unpaired) electrons. The van der Waals surface area contributed by atoms with Gasteiger partial charge >= 0.3 is 5.97 Å². The molecule has 0 fully saturated rings. The zero-order valence-electron chi connectivity index (χ0n) is 17.1. The first-order valence-corrected chi connectivity index (χ1v) is 9.90. The van der Waals surface area contributed by atoms with Crippen LogP contribution in [0.3, 0.4) is 0 Å². The first kappa shape index (κ1) is 21.5. The molecule has 152 valence electrons. The van der Waals surface area contributed by atoms with E-state index in [1.807, 2.05) is 39.0 Å². The van der Waals surface area contributed by atoms with E-state index in [4.69, 9.17) is 14.6 Å². The van der Waals surface area contributed by atoms with Crippen LogP contribution in [0.2, 0.25) is 0 Å². The van der Waals surface area contributed by atoms with Gasteiger partial charge in [0.15, 0.2) is 0 Å². The fourth-order valence-corrected chi connectivity index (χ4v) is 3.18. The third-order valence-electron chi connectivity index (χ3n) is 4.59. The van der Waals surface area contributed by atoms with Crippen LogP contribution in [0.25, 0.3) is 0 Å². The van der Waals surface area contributed by atoms with E-state index in [0.717, 1.165) is 49.5 Å². The van der Waals surface area contributed by atoms with Crippen molar-refractivity contribution in [2.45, 2.75) is 52.1 Å². The molecule has 1 unspecified atom stereocenters. The number of ether oxygens (including phenoxy) is 2. The van der Waals surface area contributed by atoms with Gasteiger partial charge in [-0.1, -0.05) is 6.92 Å². The van der Waals surface area contributed by atoms with Crippen LogP contribution in [0.1, 0.15) is 52.0 Å². The zero-order valence-corrected chi connectivity index (χ0v) is 17.1. The fraction of sp³-hybridized carbons (Fsp3) is 0.667. The molecule has 1 heterocycles. The highest BCUT2D eigenvalue weighted by Gasteiger charge is 2.32. The topological polar surface area (TPSA) is 71.0 Å². The minimum Gasteiger partial charge on any atom is -0.494 e. The van der Waals surface area contributed by atoms with E-state index in [1.54, 1.807) is 0 Å². The number of carbonyl (C=O) groups excluding carboxylic acids is 1. The average Bonchev–Trinajstić information content (AvgIpc) is 3.02. The summed E-state index contributed by atoms with van der Waals surface area (Å²) in [5, 5.41) is 12.3. The summed E-state index contributed by atoms with van der Waals surface area (Å²) in [5.41, 5.74) is 1.43. The Morgan fingerprint density at radius 2 is 2.07 bits per heavy atom. The lowest BCUT2D eigenvalue weighted by molar-refractivity contribution is -0.156. The molecule has 0 amide bonds. The fourth-order valence-electron chi connectivity index (χ4n) is 3.18. The molecular weight excluding hydrogens is 344 g/mol. The summed E-state index contributed by atoms with van der Waals surface area (Å²) in [7, 11) is 0. The number of aliphatic hydroxyl groups is 1. The van der Waals surface area contributed by atoms with Gasteiger partial charge in [0.25, 0.3) is 0 Å². The quantitative estimate of drug-likeness (QED) is 0.482. The molecule has 0 aliphatic carbocycles. The molecule has 1 aliphatic rings. The van der Waals surface area contributed by atoms with E-state index in [9.17, 15) is 4.79 Å². The number of carbonyl (C=O) groups is 1. The van der Waals surface area contributed by atoms with Crippen molar-refractivity contribution in [3.63, 3.8) is 0 Å². The summed E-state index contributed by atoms with van der Waals surface area (Å²) in [6.45, 7) is 11.8. The molecule has 0 saturated heterocycles. The maximum absolute atomic E-state index is 12.5. The first-order chi connectivity index (χ1) is 12.8. The standard InChI is InChI=1S/C21H34N2O4/c1-5-23(11-12-24)10-6-7-13-26-16-8-9-19-17(14-16)18(15-22-19)20(25)27-21(2,3)4/h8-9,14,18,22,24H,5-7,10-13,15H2,1-4H3. The summed E-state index contributed by atoms with van der Waals surface area (Å²) >= 11 is 0. The van der Waals surface area contributed by atoms with Gasteiger partial charge in [-0.25, -0.2) is 0 Å². The van der Waals surface area contributed by atoms with Crippen molar-refractivity contribution in [2.24, 2.45) is 0 Å². The number of nitrogens with zero attached hydrogens (tertiary/aromatic N) is 1. The summed E-state index contributed by atoms with van der Waals surface area (Å²) in [4.78, 5) is 14.7. The SMILES string of the molecule is CCN(CCO)CCCCOc1ccc2c(c1)C(C(=O)OC(C)(C)C)CN2. The monoisotopic (exact) mass is 378 g/mol. The van der Waals surface area contributed by atoms with E-state index >= 15 is 0 Å². The highest BCUT2D eigenvalue weighted by atomic mass is 16.6. The Hall–Kier alpha value is -1.79. The Morgan fingerprint density at radius 1 is 1.30 bits per heavy atom. The van der Waals surface area contributed by atoms with Crippen LogP contribution in [0.4, 0.5) is 5.69 Å². The highest BCUT2D eigenvalue weighted by molar-refractivity contribution is 5.84. The first-order valence-electron chi connectivity index (χ1n) is 9.90. The predicted molar refractivity (Wildman–Crippen MR) is 107 cm³/mol. The van der Waals surface area contributed by atoms with Gasteiger partial charge in [-0.05, 0) is 70.5 Å². The molecule has 1 aromatic rings. The largest absolute Gasteiger partial charge is 0.494 e. The summed E-state index contributed by atoms with van der Waals surface area (Å²) in [5.74, 6) is 0.294. The van der Waals surface area contributed by atoms with Crippen LogP contribution in [-0.4, -0.2) is 61.0 Å². The Labute approximate surface area is 162 Å². The van der Waals surface area contributed by atoms with Crippen molar-refractivity contribution in [3.05, 3.63) is 23.8 Å². The number of esters is 1. The summed E-state index contributed by atoms with van der Waals surface area (Å²) < 4.78 is 11.4. The number of nitrogens with one attached hydrogen (secondary N) is 1. The normalized spacial score (nSPS) is 16.1. The van der Waals surface area contributed by atoms with Crippen molar-refractivity contribution in [1.29, 1.82) is 0 Å². The lowest BCUT2D eigenvalue weighted by atomic mass is 10.0. The van der Waals surface area contributed by atoms with Crippen LogP contribution < -0.4 is 10.1 Å². The van der Waals surface area contributed by atoms with Crippen molar-refractivity contribution in [2.75, 3.05) is 44.7 Å². The minimum atomic E-state index is -0.490. The van der Waals surface area contributed by atoms with Gasteiger partial charge in [0.05, 0.1) is 13.2 Å². The Kier molecular flexibility index (Phi) is 7.92. The van der Waals surface area contributed by atoms with Crippen LogP contribution in [0.5, 0.6) is 5.75 Å². The number of rotatable bonds is 10. The van der Waals surface area contributed by atoms with Gasteiger partial charge < -0.3 is 24.8 Å². The Bertz CT molecular complexity index is 613. The maximum Gasteiger partial charge on any atom is 0.315 e. The molecule has 1 aromatic carbocycles. The van der Waals surface area contributed by atoms with Crippen LogP contribution >= 0.6 is 0 Å². The van der Waals surface area contributed by atoms with E-state index in [-0.39, 0.29) is 18.5 Å². The Balaban J connectivity index is 1.85. The molecule has 2 rings (SSSR count). The van der Waals surface area contributed by atoms with Gasteiger partial charge in [0.2, 0.25) is 0 Å². The van der Waals surface area contributed by atoms with Gasteiger partial charge in [0.1, 0.15) is 17.3 Å². The summed E-state index contributed by atoms with van der Waals surface area (Å²) in [6, 6.07) is 5.86. The predicted octanol–water partition coefficient (Wildman–Crippen LogP) is 3.01. The molecule has 27 heavy (non-hydrogen) atoms. The average molecular weight is 379 g/mol. The molecule has 2 N–H and O–H groups in total. The van der Waals surface area contributed by atoms with Gasteiger partial charge in [-0.2, -0.15) is 0 Å². The van der Waals surface area contributed by atoms with Crippen molar-refractivity contribution < 1.29 is 19.4 Å². The van der Waals surface area contributed by atoms with E-state index < -0.39 is 5.60 Å². The minimum absolute atomic E-state index is 0.200. The lowest BCUT2D eigenvalue weighted by Crippen LogP contribution is -2.28. The Morgan fingerprint density at radius 3 is 2.74 bits per heavy atom. The maximum atomic E-state index is 12.5. The number of hydrogen-bond donors (Lipinski definition) is 2. The second-order valence-electron chi connectivity index (χ2n) is 7.93. The molecule has 1 aliphatic heterocycles. The molecule has 1 atom stereocenters. The number of hydrogen-bond acceptors (Lipinski definition) is 6. The summed E-state index contributed by atoms with van der Waals surface area (Å²) in [6.07, 6.45) is 1.98. The van der Waals surface area contributed by atoms with Crippen molar-refractivity contribution in [3.8, 4) is 5.75 Å². The lowest BCUT2D eigenvalue weighted by Gasteiger charge is -2.22. The van der Waals surface area contributed by atoms with Gasteiger partial charge in [-0.3, -0.25) is 4.79 Å². The number of fused-ring (bicyclic) bond motifs is 1. The third kappa shape index (κ3) is 6.70. The smallest absolute Gasteiger partial charge is 0.315 e. The van der Waals surface area contributed by atoms with Gasteiger partial charge in [-0.15, -0.1) is 0 Å². The number of likely N-dealkylation sites (N-methyl/N-ethyl adjacent to an activating group) is 1. The zero-order chi connectivity index (χ0) is 19.9. The second kappa shape index (κ2) is 9.95. The molecular formula is C21H34N2O4. The molecule has 0 aromatic heterocycles.